The van der Waals surface area contributed by atoms with Crippen molar-refractivity contribution in [3.8, 4) is 11.5 Å². The number of methoxy groups -OCH3 is 1. The van der Waals surface area contributed by atoms with Crippen LogP contribution in [0.3, 0.4) is 0 Å². The molecule has 1 aromatic heterocycles. The summed E-state index contributed by atoms with van der Waals surface area (Å²) in [6.45, 7) is 7.90. The van der Waals surface area contributed by atoms with Crippen molar-refractivity contribution < 1.29 is 14.6 Å². The first-order chi connectivity index (χ1) is 17.8. The number of anilines is 1. The minimum Gasteiger partial charge on any atom is -0.507 e. The molecule has 0 amide bonds. The van der Waals surface area contributed by atoms with E-state index in [9.17, 15) is 5.11 Å². The van der Waals surface area contributed by atoms with Gasteiger partial charge in [-0.2, -0.15) is 0 Å². The molecule has 1 aliphatic heterocycles. The lowest BCUT2D eigenvalue weighted by Gasteiger charge is -2.29. The van der Waals surface area contributed by atoms with Crippen LogP contribution in [0.4, 0.5) is 5.69 Å². The highest BCUT2D eigenvalue weighted by Crippen LogP contribution is 2.36. The first-order valence-corrected chi connectivity index (χ1v) is 12.5. The second-order valence-electron chi connectivity index (χ2n) is 9.21. The van der Waals surface area contributed by atoms with E-state index in [1.165, 1.54) is 11.0 Å². The number of hydrogen-bond acceptors (Lipinski definition) is 7. The predicted octanol–water partition coefficient (Wildman–Crippen LogP) is 5.26. The van der Waals surface area contributed by atoms with E-state index in [2.05, 4.69) is 9.88 Å². The standard InChI is InChI=1S/C28H32ClN5O3/c1-18(2)21-14-22(25(35)15-26(21)36-3)28(31)34(27(30)20-5-4-8-32-16-20)24-7-6-19(13-23(24)29)17-33-9-11-37-12-10-33/h4-8,13-16,18,30-31,35H,9-12,17H2,1-3H3. The number of phenolic OH excluding ortho intramolecular Hbond substituents is 1. The third-order valence-corrected chi connectivity index (χ3v) is 6.67. The average molecular weight is 522 g/mol. The van der Waals surface area contributed by atoms with Crippen LogP contribution < -0.4 is 9.64 Å². The lowest BCUT2D eigenvalue weighted by atomic mass is 9.97. The molecule has 194 valence electrons. The van der Waals surface area contributed by atoms with E-state index in [0.29, 0.717) is 35.2 Å². The van der Waals surface area contributed by atoms with Crippen LogP contribution in [0, 0.1) is 10.8 Å². The minimum atomic E-state index is -0.115. The molecule has 0 radical (unpaired) electrons. The van der Waals surface area contributed by atoms with Gasteiger partial charge in [-0.25, -0.2) is 0 Å². The molecule has 0 bridgehead atoms. The number of aromatic hydroxyl groups is 1. The molecule has 37 heavy (non-hydrogen) atoms. The van der Waals surface area contributed by atoms with Gasteiger partial charge in [0.25, 0.3) is 0 Å². The number of pyridine rings is 1. The number of phenols is 1. The van der Waals surface area contributed by atoms with Crippen LogP contribution in [0.2, 0.25) is 5.02 Å². The quantitative estimate of drug-likeness (QED) is 0.289. The first kappa shape index (κ1) is 26.6. The molecule has 4 rings (SSSR count). The van der Waals surface area contributed by atoms with Crippen molar-refractivity contribution in [1.29, 1.82) is 10.8 Å². The summed E-state index contributed by atoms with van der Waals surface area (Å²) >= 11 is 6.80. The number of hydrogen-bond donors (Lipinski definition) is 3. The summed E-state index contributed by atoms with van der Waals surface area (Å²) in [7, 11) is 1.55. The number of nitrogens with one attached hydrogen (secondary N) is 2. The zero-order chi connectivity index (χ0) is 26.5. The lowest BCUT2D eigenvalue weighted by Crippen LogP contribution is -2.38. The molecule has 2 aromatic carbocycles. The molecular weight excluding hydrogens is 490 g/mol. The monoisotopic (exact) mass is 521 g/mol. The Kier molecular flexibility index (Phi) is 8.43. The molecule has 1 fully saturated rings. The maximum Gasteiger partial charge on any atom is 0.142 e. The summed E-state index contributed by atoms with van der Waals surface area (Å²) in [6, 6.07) is 12.4. The van der Waals surface area contributed by atoms with Crippen molar-refractivity contribution in [2.45, 2.75) is 26.3 Å². The van der Waals surface area contributed by atoms with Crippen molar-refractivity contribution in [2.75, 3.05) is 38.3 Å². The number of halogens is 1. The molecule has 2 heterocycles. The zero-order valence-corrected chi connectivity index (χ0v) is 22.0. The van der Waals surface area contributed by atoms with Crippen molar-refractivity contribution in [2.24, 2.45) is 0 Å². The number of morpholine rings is 1. The maximum atomic E-state index is 10.9. The molecule has 1 saturated heterocycles. The zero-order valence-electron chi connectivity index (χ0n) is 21.3. The third-order valence-electron chi connectivity index (χ3n) is 6.37. The van der Waals surface area contributed by atoms with Gasteiger partial charge in [-0.1, -0.05) is 31.5 Å². The summed E-state index contributed by atoms with van der Waals surface area (Å²) in [5.74, 6) is 0.455. The minimum absolute atomic E-state index is 0.0160. The number of benzene rings is 2. The van der Waals surface area contributed by atoms with Gasteiger partial charge >= 0.3 is 0 Å². The van der Waals surface area contributed by atoms with Gasteiger partial charge in [-0.05, 0) is 47.4 Å². The van der Waals surface area contributed by atoms with Crippen molar-refractivity contribution >= 4 is 29.0 Å². The van der Waals surface area contributed by atoms with Crippen LogP contribution in [-0.4, -0.2) is 60.1 Å². The van der Waals surface area contributed by atoms with Crippen LogP contribution in [0.15, 0.2) is 54.9 Å². The Morgan fingerprint density at radius 1 is 1.16 bits per heavy atom. The van der Waals surface area contributed by atoms with Crippen LogP contribution in [-0.2, 0) is 11.3 Å². The number of aromatic nitrogens is 1. The highest BCUT2D eigenvalue weighted by molar-refractivity contribution is 6.37. The second-order valence-corrected chi connectivity index (χ2v) is 9.62. The number of amidine groups is 2. The number of ether oxygens (including phenoxy) is 2. The van der Waals surface area contributed by atoms with Crippen LogP contribution in [0.5, 0.6) is 11.5 Å². The molecular formula is C28H32ClN5O3. The molecule has 0 unspecified atom stereocenters. The Morgan fingerprint density at radius 3 is 2.54 bits per heavy atom. The van der Waals surface area contributed by atoms with Gasteiger partial charge in [0.05, 0.1) is 36.6 Å². The number of nitrogens with zero attached hydrogens (tertiary/aromatic N) is 3. The van der Waals surface area contributed by atoms with E-state index >= 15 is 0 Å². The largest absolute Gasteiger partial charge is 0.507 e. The second kappa shape index (κ2) is 11.7. The van der Waals surface area contributed by atoms with Gasteiger partial charge < -0.3 is 14.6 Å². The molecule has 3 N–H and O–H groups in total. The van der Waals surface area contributed by atoms with Crippen molar-refractivity contribution in [1.82, 2.24) is 9.88 Å². The molecule has 3 aromatic rings. The Bertz CT molecular complexity index is 1280. The van der Waals surface area contributed by atoms with Crippen LogP contribution in [0.25, 0.3) is 0 Å². The van der Waals surface area contributed by atoms with Crippen molar-refractivity contribution in [3.05, 3.63) is 82.1 Å². The molecule has 9 heteroatoms. The van der Waals surface area contributed by atoms with Crippen LogP contribution >= 0.6 is 11.6 Å². The lowest BCUT2D eigenvalue weighted by molar-refractivity contribution is 0.0342. The maximum absolute atomic E-state index is 10.9. The van der Waals surface area contributed by atoms with E-state index in [4.69, 9.17) is 31.9 Å². The van der Waals surface area contributed by atoms with Crippen molar-refractivity contribution in [3.63, 3.8) is 0 Å². The Hall–Kier alpha value is -3.46. The van der Waals surface area contributed by atoms with E-state index in [-0.39, 0.29) is 28.9 Å². The summed E-state index contributed by atoms with van der Waals surface area (Å²) in [4.78, 5) is 7.88. The highest BCUT2D eigenvalue weighted by atomic mass is 35.5. The van der Waals surface area contributed by atoms with E-state index in [1.807, 2.05) is 32.0 Å². The SMILES string of the molecule is COc1cc(O)c(C(=N)N(C(=N)c2cccnc2)c2ccc(CN3CCOCC3)cc2Cl)cc1C(C)C. The fraction of sp³-hybridized carbons (Fsp3) is 0.321. The van der Waals surface area contributed by atoms with Gasteiger partial charge in [-0.15, -0.1) is 0 Å². The normalized spacial score (nSPS) is 14.0. The Labute approximate surface area is 222 Å². The Balaban J connectivity index is 1.76. The van der Waals surface area contributed by atoms with Gasteiger partial charge in [0, 0.05) is 43.7 Å². The van der Waals surface area contributed by atoms with Crippen LogP contribution in [0.1, 0.15) is 42.0 Å². The molecule has 0 spiro atoms. The molecule has 1 aliphatic rings. The van der Waals surface area contributed by atoms with Gasteiger partial charge in [-0.3, -0.25) is 25.6 Å². The molecule has 0 atom stereocenters. The number of rotatable bonds is 7. The average Bonchev–Trinajstić information content (AvgIpc) is 2.90. The highest BCUT2D eigenvalue weighted by Gasteiger charge is 2.26. The summed E-state index contributed by atoms with van der Waals surface area (Å²) < 4.78 is 10.9. The van der Waals surface area contributed by atoms with E-state index in [1.54, 1.807) is 37.7 Å². The summed E-state index contributed by atoms with van der Waals surface area (Å²) in [6.07, 6.45) is 3.20. The molecule has 8 nitrogen and oxygen atoms in total. The summed E-state index contributed by atoms with van der Waals surface area (Å²) in [5, 5.41) is 29.4. The van der Waals surface area contributed by atoms with E-state index < -0.39 is 0 Å². The van der Waals surface area contributed by atoms with E-state index in [0.717, 1.165) is 30.8 Å². The molecule has 0 saturated carbocycles. The van der Waals surface area contributed by atoms with Gasteiger partial charge in [0.1, 0.15) is 23.2 Å². The summed E-state index contributed by atoms with van der Waals surface area (Å²) in [5.41, 5.74) is 3.13. The van der Waals surface area contributed by atoms with Gasteiger partial charge in [0.15, 0.2) is 0 Å². The third kappa shape index (κ3) is 5.93. The Morgan fingerprint density at radius 2 is 1.92 bits per heavy atom. The fourth-order valence-corrected chi connectivity index (χ4v) is 4.64. The van der Waals surface area contributed by atoms with Gasteiger partial charge in [0.2, 0.25) is 0 Å². The first-order valence-electron chi connectivity index (χ1n) is 12.2. The smallest absolute Gasteiger partial charge is 0.142 e. The topological polar surface area (TPSA) is 106 Å². The predicted molar refractivity (Wildman–Crippen MR) is 147 cm³/mol. The molecule has 0 aliphatic carbocycles. The fourth-order valence-electron chi connectivity index (χ4n) is 4.36.